The second kappa shape index (κ2) is 7.75. The van der Waals surface area contributed by atoms with Crippen LogP contribution in [0.2, 0.25) is 0 Å². The Balaban J connectivity index is 2.36. The van der Waals surface area contributed by atoms with Gasteiger partial charge in [0.1, 0.15) is 5.69 Å². The monoisotopic (exact) mass is 362 g/mol. The maximum absolute atomic E-state index is 12.4. The summed E-state index contributed by atoms with van der Waals surface area (Å²) in [5.74, 6) is 0. The fourth-order valence-corrected chi connectivity index (χ4v) is 2.96. The smallest absolute Gasteiger partial charge is 0.280 e. The molecule has 0 fully saturated rings. The van der Waals surface area contributed by atoms with Gasteiger partial charge in [0.15, 0.2) is 0 Å². The Morgan fingerprint density at radius 2 is 1.88 bits per heavy atom. The Labute approximate surface area is 145 Å². The number of nitrogens with zero attached hydrogens (tertiary/aromatic N) is 2. The summed E-state index contributed by atoms with van der Waals surface area (Å²) in [5, 5.41) is 15.3. The number of rotatable bonds is 7. The fraction of sp³-hybridized carbons (Fsp3) is 0.188. The molecule has 0 saturated carbocycles. The van der Waals surface area contributed by atoms with Crippen LogP contribution >= 0.6 is 0 Å². The van der Waals surface area contributed by atoms with Crippen LogP contribution in [0.25, 0.3) is 0 Å². The summed E-state index contributed by atoms with van der Waals surface area (Å²) in [6, 6.07) is 11.9. The molecule has 0 aromatic heterocycles. The van der Waals surface area contributed by atoms with Crippen LogP contribution in [0.4, 0.5) is 17.1 Å². The standard InChI is InChI=1S/C16H18N4O4S/c1-3-12(2)17-18-15-10-9-14(11-16(15)20(21)22)25(23,24)19-13-7-5-4-6-8-13/h4-11,18-19H,3H2,1-2H3/b17-12+. The summed E-state index contributed by atoms with van der Waals surface area (Å²) in [5.41, 5.74) is 3.49. The second-order valence-corrected chi connectivity index (χ2v) is 6.90. The molecule has 0 heterocycles. The van der Waals surface area contributed by atoms with Gasteiger partial charge in [-0.05, 0) is 37.6 Å². The average molecular weight is 362 g/mol. The molecule has 0 bridgehead atoms. The number of nitro groups is 1. The summed E-state index contributed by atoms with van der Waals surface area (Å²) < 4.78 is 27.2. The lowest BCUT2D eigenvalue weighted by atomic mass is 10.3. The molecule has 2 aromatic carbocycles. The van der Waals surface area contributed by atoms with Gasteiger partial charge < -0.3 is 0 Å². The number of nitro benzene ring substituents is 1. The van der Waals surface area contributed by atoms with E-state index in [1.165, 1.54) is 12.1 Å². The SMILES string of the molecule is CC/C(C)=N/Nc1ccc(S(=O)(=O)Nc2ccccc2)cc1[N+](=O)[O-]. The highest BCUT2D eigenvalue weighted by Gasteiger charge is 2.21. The lowest BCUT2D eigenvalue weighted by Crippen LogP contribution is -2.13. The Morgan fingerprint density at radius 1 is 1.20 bits per heavy atom. The first-order valence-electron chi connectivity index (χ1n) is 7.49. The van der Waals surface area contributed by atoms with E-state index in [2.05, 4.69) is 15.2 Å². The van der Waals surface area contributed by atoms with Crippen molar-refractivity contribution in [1.82, 2.24) is 0 Å². The topological polar surface area (TPSA) is 114 Å². The maximum Gasteiger partial charge on any atom is 0.295 e. The summed E-state index contributed by atoms with van der Waals surface area (Å²) in [4.78, 5) is 10.4. The van der Waals surface area contributed by atoms with E-state index in [0.717, 1.165) is 11.8 Å². The summed E-state index contributed by atoms with van der Waals surface area (Å²) >= 11 is 0. The first-order valence-corrected chi connectivity index (χ1v) is 8.97. The molecule has 2 aromatic rings. The Bertz CT molecular complexity index is 896. The molecule has 0 aliphatic carbocycles. The molecule has 0 radical (unpaired) electrons. The number of hydrogen-bond donors (Lipinski definition) is 2. The molecular weight excluding hydrogens is 344 g/mol. The molecule has 0 aliphatic heterocycles. The van der Waals surface area contributed by atoms with Crippen LogP contribution in [-0.4, -0.2) is 19.1 Å². The predicted molar refractivity (Wildman–Crippen MR) is 97.4 cm³/mol. The lowest BCUT2D eigenvalue weighted by Gasteiger charge is -2.09. The van der Waals surface area contributed by atoms with E-state index < -0.39 is 14.9 Å². The van der Waals surface area contributed by atoms with Crippen molar-refractivity contribution in [3.63, 3.8) is 0 Å². The molecule has 25 heavy (non-hydrogen) atoms. The van der Waals surface area contributed by atoms with Crippen molar-refractivity contribution in [3.05, 3.63) is 58.6 Å². The van der Waals surface area contributed by atoms with Crippen molar-refractivity contribution in [2.24, 2.45) is 5.10 Å². The van der Waals surface area contributed by atoms with Gasteiger partial charge in [-0.25, -0.2) is 8.42 Å². The molecule has 0 spiro atoms. The van der Waals surface area contributed by atoms with Crippen LogP contribution in [0.15, 0.2) is 58.5 Å². The molecular formula is C16H18N4O4S. The van der Waals surface area contributed by atoms with Gasteiger partial charge in [0, 0.05) is 17.5 Å². The van der Waals surface area contributed by atoms with E-state index in [1.54, 1.807) is 37.3 Å². The molecule has 0 atom stereocenters. The van der Waals surface area contributed by atoms with Crippen molar-refractivity contribution < 1.29 is 13.3 Å². The predicted octanol–water partition coefficient (Wildman–Crippen LogP) is 3.59. The third-order valence-corrected chi connectivity index (χ3v) is 4.76. The molecule has 2 N–H and O–H groups in total. The third kappa shape index (κ3) is 4.77. The highest BCUT2D eigenvalue weighted by atomic mass is 32.2. The van der Waals surface area contributed by atoms with Crippen LogP contribution < -0.4 is 10.1 Å². The van der Waals surface area contributed by atoms with Crippen molar-refractivity contribution in [3.8, 4) is 0 Å². The molecule has 2 rings (SSSR count). The zero-order chi connectivity index (χ0) is 18.4. The van der Waals surface area contributed by atoms with Crippen molar-refractivity contribution in [2.75, 3.05) is 10.1 Å². The van der Waals surface area contributed by atoms with Crippen molar-refractivity contribution >= 4 is 32.8 Å². The fourth-order valence-electron chi connectivity index (χ4n) is 1.88. The first-order chi connectivity index (χ1) is 11.8. The van der Waals surface area contributed by atoms with Crippen LogP contribution in [-0.2, 0) is 10.0 Å². The number of hydrazone groups is 1. The quantitative estimate of drug-likeness (QED) is 0.444. The minimum atomic E-state index is -3.94. The molecule has 8 nitrogen and oxygen atoms in total. The summed E-state index contributed by atoms with van der Waals surface area (Å²) in [6.45, 7) is 3.68. The van der Waals surface area contributed by atoms with Crippen LogP contribution in [0.5, 0.6) is 0 Å². The van der Waals surface area contributed by atoms with Gasteiger partial charge in [-0.2, -0.15) is 5.10 Å². The van der Waals surface area contributed by atoms with Gasteiger partial charge in [0.2, 0.25) is 0 Å². The van der Waals surface area contributed by atoms with Gasteiger partial charge in [-0.15, -0.1) is 0 Å². The zero-order valence-corrected chi connectivity index (χ0v) is 14.6. The van der Waals surface area contributed by atoms with Gasteiger partial charge >= 0.3 is 0 Å². The van der Waals surface area contributed by atoms with E-state index >= 15 is 0 Å². The molecule has 0 unspecified atom stereocenters. The minimum absolute atomic E-state index is 0.122. The number of para-hydroxylation sites is 1. The van der Waals surface area contributed by atoms with Crippen molar-refractivity contribution in [2.45, 2.75) is 25.2 Å². The Hall–Kier alpha value is -2.94. The van der Waals surface area contributed by atoms with Gasteiger partial charge in [-0.3, -0.25) is 20.3 Å². The number of nitrogens with one attached hydrogen (secondary N) is 2. The van der Waals surface area contributed by atoms with Gasteiger partial charge in [-0.1, -0.05) is 25.1 Å². The lowest BCUT2D eigenvalue weighted by molar-refractivity contribution is -0.384. The summed E-state index contributed by atoms with van der Waals surface area (Å²) in [6.07, 6.45) is 0.689. The number of benzene rings is 2. The van der Waals surface area contributed by atoms with E-state index in [4.69, 9.17) is 0 Å². The largest absolute Gasteiger partial charge is 0.295 e. The van der Waals surface area contributed by atoms with Crippen LogP contribution in [0.1, 0.15) is 20.3 Å². The first kappa shape index (κ1) is 18.4. The highest BCUT2D eigenvalue weighted by Crippen LogP contribution is 2.28. The second-order valence-electron chi connectivity index (χ2n) is 5.22. The van der Waals surface area contributed by atoms with Crippen LogP contribution in [0, 0.1) is 10.1 Å². The summed E-state index contributed by atoms with van der Waals surface area (Å²) in [7, 11) is -3.94. The average Bonchev–Trinajstić information content (AvgIpc) is 2.59. The Morgan fingerprint density at radius 3 is 2.48 bits per heavy atom. The molecule has 0 amide bonds. The molecule has 132 valence electrons. The van der Waals surface area contributed by atoms with E-state index in [0.29, 0.717) is 12.1 Å². The zero-order valence-electron chi connectivity index (χ0n) is 13.8. The maximum atomic E-state index is 12.4. The number of anilines is 2. The normalized spacial score (nSPS) is 11.8. The molecule has 9 heteroatoms. The third-order valence-electron chi connectivity index (χ3n) is 3.38. The van der Waals surface area contributed by atoms with Gasteiger partial charge in [0.25, 0.3) is 15.7 Å². The molecule has 0 saturated heterocycles. The Kier molecular flexibility index (Phi) is 5.71. The van der Waals surface area contributed by atoms with Crippen molar-refractivity contribution in [1.29, 1.82) is 0 Å². The number of sulfonamides is 1. The number of hydrogen-bond acceptors (Lipinski definition) is 6. The van der Waals surface area contributed by atoms with E-state index in [-0.39, 0.29) is 16.3 Å². The van der Waals surface area contributed by atoms with Crippen LogP contribution in [0.3, 0.4) is 0 Å². The van der Waals surface area contributed by atoms with E-state index in [9.17, 15) is 18.5 Å². The molecule has 0 aliphatic rings. The minimum Gasteiger partial charge on any atom is -0.280 e. The van der Waals surface area contributed by atoms with Gasteiger partial charge in [0.05, 0.1) is 9.82 Å². The van der Waals surface area contributed by atoms with E-state index in [1.807, 2.05) is 6.92 Å². The highest BCUT2D eigenvalue weighted by molar-refractivity contribution is 7.92.